The Kier molecular flexibility index (Phi) is 3.17. The molecule has 3 unspecified atom stereocenters. The van der Waals surface area contributed by atoms with Gasteiger partial charge in [0.25, 0.3) is 0 Å². The number of carbonyl (C=O) groups excluding carboxylic acids is 1. The van der Waals surface area contributed by atoms with Gasteiger partial charge in [-0.3, -0.25) is 9.59 Å². The Morgan fingerprint density at radius 1 is 1.38 bits per heavy atom. The lowest BCUT2D eigenvalue weighted by Gasteiger charge is -2.35. The van der Waals surface area contributed by atoms with Gasteiger partial charge in [0.05, 0.1) is 6.42 Å². The van der Waals surface area contributed by atoms with E-state index in [0.717, 1.165) is 32.2 Å². The summed E-state index contributed by atoms with van der Waals surface area (Å²) in [6.07, 6.45) is 3.99. The molecule has 1 aliphatic heterocycles. The van der Waals surface area contributed by atoms with Gasteiger partial charge in [-0.15, -0.1) is 0 Å². The molecule has 4 heteroatoms. The quantitative estimate of drug-likeness (QED) is 0.791. The van der Waals surface area contributed by atoms with E-state index in [9.17, 15) is 9.59 Å². The van der Waals surface area contributed by atoms with Crippen LogP contribution in [0.2, 0.25) is 0 Å². The average molecular weight is 225 g/mol. The van der Waals surface area contributed by atoms with Crippen LogP contribution < -0.4 is 0 Å². The molecule has 16 heavy (non-hydrogen) atoms. The Labute approximate surface area is 95.6 Å². The zero-order valence-corrected chi connectivity index (χ0v) is 9.69. The number of nitrogens with zero attached hydrogens (tertiary/aromatic N) is 1. The average Bonchev–Trinajstić information content (AvgIpc) is 2.94. The number of hydrogen-bond donors (Lipinski definition) is 1. The summed E-state index contributed by atoms with van der Waals surface area (Å²) in [7, 11) is 0. The van der Waals surface area contributed by atoms with Crippen LogP contribution in [0.25, 0.3) is 0 Å². The number of carbonyl (C=O) groups is 2. The molecular formula is C12H19NO3. The van der Waals surface area contributed by atoms with Gasteiger partial charge in [-0.1, -0.05) is 6.92 Å². The Morgan fingerprint density at radius 3 is 2.62 bits per heavy atom. The fourth-order valence-electron chi connectivity index (χ4n) is 2.58. The molecule has 1 saturated carbocycles. The van der Waals surface area contributed by atoms with E-state index in [2.05, 4.69) is 6.92 Å². The number of hydrogen-bond acceptors (Lipinski definition) is 2. The van der Waals surface area contributed by atoms with Crippen molar-refractivity contribution in [1.82, 2.24) is 4.90 Å². The third kappa shape index (κ3) is 2.36. The molecule has 0 aromatic heterocycles. The fraction of sp³-hybridized carbons (Fsp3) is 0.833. The molecule has 0 aromatic carbocycles. The highest BCUT2D eigenvalue weighted by Gasteiger charge is 2.43. The summed E-state index contributed by atoms with van der Waals surface area (Å²) in [5.74, 6) is 0.0706. The number of aliphatic carboxylic acids is 1. The molecule has 1 N–H and O–H groups in total. The van der Waals surface area contributed by atoms with Crippen molar-refractivity contribution in [3.63, 3.8) is 0 Å². The molecule has 1 amide bonds. The molecule has 0 radical (unpaired) electrons. The first-order chi connectivity index (χ1) is 7.59. The lowest BCUT2D eigenvalue weighted by molar-refractivity contribution is -0.142. The zero-order chi connectivity index (χ0) is 11.7. The summed E-state index contributed by atoms with van der Waals surface area (Å²) < 4.78 is 0. The topological polar surface area (TPSA) is 57.6 Å². The summed E-state index contributed by atoms with van der Waals surface area (Å²) in [6, 6.07) is -0.0634. The first-order valence-corrected chi connectivity index (χ1v) is 6.12. The Balaban J connectivity index is 1.98. The third-order valence-corrected chi connectivity index (χ3v) is 3.75. The predicted octanol–water partition coefficient (Wildman–Crippen LogP) is 1.50. The van der Waals surface area contributed by atoms with E-state index >= 15 is 0 Å². The highest BCUT2D eigenvalue weighted by atomic mass is 16.4. The summed E-state index contributed by atoms with van der Waals surface area (Å²) in [5, 5.41) is 8.83. The van der Waals surface area contributed by atoms with E-state index in [1.54, 1.807) is 0 Å². The van der Waals surface area contributed by atoms with Crippen molar-refractivity contribution in [2.45, 2.75) is 45.1 Å². The highest BCUT2D eigenvalue weighted by molar-refractivity contribution is 5.82. The Hall–Kier alpha value is -1.06. The molecule has 90 valence electrons. The molecule has 3 atom stereocenters. The van der Waals surface area contributed by atoms with Gasteiger partial charge < -0.3 is 10.0 Å². The highest BCUT2D eigenvalue weighted by Crippen LogP contribution is 2.40. The number of amides is 1. The lowest BCUT2D eigenvalue weighted by Crippen LogP contribution is -2.45. The van der Waals surface area contributed by atoms with Crippen LogP contribution in [0.15, 0.2) is 0 Å². The summed E-state index contributed by atoms with van der Waals surface area (Å²) in [4.78, 5) is 24.7. The van der Waals surface area contributed by atoms with Crippen LogP contribution in [-0.4, -0.2) is 34.5 Å². The van der Waals surface area contributed by atoms with Gasteiger partial charge in [-0.25, -0.2) is 0 Å². The molecule has 1 heterocycles. The van der Waals surface area contributed by atoms with E-state index in [0.29, 0.717) is 5.92 Å². The normalized spacial score (nSPS) is 33.6. The number of rotatable bonds is 3. The van der Waals surface area contributed by atoms with Crippen molar-refractivity contribution in [1.29, 1.82) is 0 Å². The smallest absolute Gasteiger partial charge is 0.305 e. The van der Waals surface area contributed by atoms with Gasteiger partial charge in [0.1, 0.15) is 0 Å². The van der Waals surface area contributed by atoms with Crippen molar-refractivity contribution >= 4 is 11.9 Å². The van der Waals surface area contributed by atoms with Gasteiger partial charge in [0.2, 0.25) is 5.91 Å². The maximum absolute atomic E-state index is 12.1. The van der Waals surface area contributed by atoms with Crippen LogP contribution in [0, 0.1) is 11.8 Å². The SMILES string of the molecule is CC1CC1C(=O)N1CCCCC1CC(=O)O. The van der Waals surface area contributed by atoms with Crippen molar-refractivity contribution in [2.24, 2.45) is 11.8 Å². The first-order valence-electron chi connectivity index (χ1n) is 6.12. The Bertz CT molecular complexity index is 303. The molecule has 0 bridgehead atoms. The summed E-state index contributed by atoms with van der Waals surface area (Å²) >= 11 is 0. The van der Waals surface area contributed by atoms with E-state index in [1.807, 2.05) is 4.90 Å². The molecule has 2 aliphatic rings. The van der Waals surface area contributed by atoms with Crippen molar-refractivity contribution in [3.8, 4) is 0 Å². The van der Waals surface area contributed by atoms with Crippen LogP contribution >= 0.6 is 0 Å². The van der Waals surface area contributed by atoms with E-state index in [-0.39, 0.29) is 24.3 Å². The molecule has 4 nitrogen and oxygen atoms in total. The lowest BCUT2D eigenvalue weighted by atomic mass is 9.98. The fourth-order valence-corrected chi connectivity index (χ4v) is 2.58. The van der Waals surface area contributed by atoms with Crippen LogP contribution in [-0.2, 0) is 9.59 Å². The van der Waals surface area contributed by atoms with Crippen LogP contribution in [0.4, 0.5) is 0 Å². The van der Waals surface area contributed by atoms with Crippen LogP contribution in [0.1, 0.15) is 39.0 Å². The van der Waals surface area contributed by atoms with E-state index in [4.69, 9.17) is 5.11 Å². The van der Waals surface area contributed by atoms with Crippen molar-refractivity contribution in [3.05, 3.63) is 0 Å². The molecule has 0 spiro atoms. The standard InChI is InChI=1S/C12H19NO3/c1-8-6-10(8)12(16)13-5-3-2-4-9(13)7-11(14)15/h8-10H,2-7H2,1H3,(H,14,15). The number of likely N-dealkylation sites (tertiary alicyclic amines) is 1. The molecule has 2 rings (SSSR count). The van der Waals surface area contributed by atoms with Gasteiger partial charge in [-0.2, -0.15) is 0 Å². The second-order valence-corrected chi connectivity index (χ2v) is 5.10. The first kappa shape index (κ1) is 11.4. The second-order valence-electron chi connectivity index (χ2n) is 5.10. The van der Waals surface area contributed by atoms with Crippen molar-refractivity contribution < 1.29 is 14.7 Å². The third-order valence-electron chi connectivity index (χ3n) is 3.75. The molecule has 1 saturated heterocycles. The van der Waals surface area contributed by atoms with Gasteiger partial charge >= 0.3 is 5.97 Å². The minimum atomic E-state index is -0.798. The van der Waals surface area contributed by atoms with Crippen LogP contribution in [0.5, 0.6) is 0 Å². The van der Waals surface area contributed by atoms with E-state index < -0.39 is 5.97 Å². The second kappa shape index (κ2) is 4.44. The Morgan fingerprint density at radius 2 is 2.06 bits per heavy atom. The minimum absolute atomic E-state index is 0.0634. The summed E-state index contributed by atoms with van der Waals surface area (Å²) in [6.45, 7) is 2.83. The van der Waals surface area contributed by atoms with Crippen molar-refractivity contribution in [2.75, 3.05) is 6.54 Å². The molecule has 1 aliphatic carbocycles. The van der Waals surface area contributed by atoms with Gasteiger partial charge in [0.15, 0.2) is 0 Å². The molecule has 2 fully saturated rings. The van der Waals surface area contributed by atoms with Crippen LogP contribution in [0.3, 0.4) is 0 Å². The maximum atomic E-state index is 12.1. The summed E-state index contributed by atoms with van der Waals surface area (Å²) in [5.41, 5.74) is 0. The number of piperidine rings is 1. The largest absolute Gasteiger partial charge is 0.481 e. The monoisotopic (exact) mass is 225 g/mol. The maximum Gasteiger partial charge on any atom is 0.305 e. The minimum Gasteiger partial charge on any atom is -0.481 e. The van der Waals surface area contributed by atoms with Gasteiger partial charge in [0, 0.05) is 18.5 Å². The zero-order valence-electron chi connectivity index (χ0n) is 9.69. The molecular weight excluding hydrogens is 206 g/mol. The predicted molar refractivity (Wildman–Crippen MR) is 58.9 cm³/mol. The van der Waals surface area contributed by atoms with E-state index in [1.165, 1.54) is 0 Å². The van der Waals surface area contributed by atoms with Gasteiger partial charge in [-0.05, 0) is 31.6 Å². The molecule has 0 aromatic rings. The number of carboxylic acids is 1. The number of carboxylic acid groups (broad SMARTS) is 1.